The minimum atomic E-state index is -0.718. The van der Waals surface area contributed by atoms with Crippen LogP contribution in [0.5, 0.6) is 0 Å². The van der Waals surface area contributed by atoms with Gasteiger partial charge in [0, 0.05) is 18.6 Å². The Balaban J connectivity index is 1.94. The van der Waals surface area contributed by atoms with Gasteiger partial charge in [0.2, 0.25) is 0 Å². The Morgan fingerprint density at radius 1 is 1.21 bits per heavy atom. The summed E-state index contributed by atoms with van der Waals surface area (Å²) in [6, 6.07) is 10.2. The molecule has 24 heavy (non-hydrogen) atoms. The van der Waals surface area contributed by atoms with Crippen molar-refractivity contribution in [2.75, 3.05) is 0 Å². The summed E-state index contributed by atoms with van der Waals surface area (Å²) < 4.78 is 0. The zero-order valence-corrected chi connectivity index (χ0v) is 14.6. The van der Waals surface area contributed by atoms with Gasteiger partial charge in [0.1, 0.15) is 0 Å². The molecule has 1 aliphatic carbocycles. The van der Waals surface area contributed by atoms with Crippen molar-refractivity contribution in [3.05, 3.63) is 35.9 Å². The van der Waals surface area contributed by atoms with Crippen LogP contribution in [0.1, 0.15) is 51.5 Å². The van der Waals surface area contributed by atoms with Crippen molar-refractivity contribution in [2.45, 2.75) is 64.6 Å². The first-order chi connectivity index (χ1) is 11.5. The number of carbonyl (C=O) groups excluding carboxylic acids is 1. The number of aliphatic carboxylic acids is 1. The third kappa shape index (κ3) is 4.98. The molecule has 5 nitrogen and oxygen atoms in total. The smallest absolute Gasteiger partial charge is 0.318 e. The molecule has 0 saturated heterocycles. The summed E-state index contributed by atoms with van der Waals surface area (Å²) >= 11 is 0. The lowest BCUT2D eigenvalue weighted by Gasteiger charge is -2.33. The number of carboxylic acid groups (broad SMARTS) is 1. The summed E-state index contributed by atoms with van der Waals surface area (Å²) in [7, 11) is 0. The summed E-state index contributed by atoms with van der Waals surface area (Å²) in [4.78, 5) is 25.6. The summed E-state index contributed by atoms with van der Waals surface area (Å²) in [6.07, 6.45) is 3.65. The average molecular weight is 332 g/mol. The van der Waals surface area contributed by atoms with Crippen LogP contribution in [0.4, 0.5) is 4.79 Å². The molecule has 0 aromatic heterocycles. The largest absolute Gasteiger partial charge is 0.481 e. The molecule has 1 aliphatic rings. The van der Waals surface area contributed by atoms with Crippen LogP contribution in [0.2, 0.25) is 0 Å². The van der Waals surface area contributed by atoms with Gasteiger partial charge in [-0.25, -0.2) is 4.79 Å². The molecule has 1 unspecified atom stereocenters. The monoisotopic (exact) mass is 332 g/mol. The first-order valence-corrected chi connectivity index (χ1v) is 8.85. The van der Waals surface area contributed by atoms with Gasteiger partial charge in [-0.1, -0.05) is 37.3 Å². The van der Waals surface area contributed by atoms with Crippen molar-refractivity contribution < 1.29 is 14.7 Å². The average Bonchev–Trinajstić information content (AvgIpc) is 2.60. The standard InChI is InChI=1S/C19H28N2O3/c1-3-14(2)21(13-15-7-5-4-6-8-15)19(24)20-17-11-9-16(10-12-17)18(22)23/h4-8,14,16-17H,3,9-13H2,1-2H3,(H,20,24)(H,22,23). The fourth-order valence-electron chi connectivity index (χ4n) is 3.17. The van der Waals surface area contributed by atoms with Crippen molar-refractivity contribution in [2.24, 2.45) is 5.92 Å². The van der Waals surface area contributed by atoms with Gasteiger partial charge in [-0.3, -0.25) is 4.79 Å². The molecule has 5 heteroatoms. The van der Waals surface area contributed by atoms with Gasteiger partial charge in [-0.05, 0) is 44.6 Å². The van der Waals surface area contributed by atoms with Crippen LogP contribution in [0.25, 0.3) is 0 Å². The first-order valence-electron chi connectivity index (χ1n) is 8.85. The van der Waals surface area contributed by atoms with Gasteiger partial charge in [0.15, 0.2) is 0 Å². The van der Waals surface area contributed by atoms with Crippen LogP contribution in [0.15, 0.2) is 30.3 Å². The number of urea groups is 1. The van der Waals surface area contributed by atoms with E-state index in [2.05, 4.69) is 19.2 Å². The van der Waals surface area contributed by atoms with Crippen molar-refractivity contribution in [3.8, 4) is 0 Å². The maximum absolute atomic E-state index is 12.7. The molecule has 2 amide bonds. The molecule has 132 valence electrons. The topological polar surface area (TPSA) is 69.6 Å². The molecule has 0 bridgehead atoms. The molecule has 0 radical (unpaired) electrons. The van der Waals surface area contributed by atoms with E-state index in [4.69, 9.17) is 5.11 Å². The molecule has 1 saturated carbocycles. The summed E-state index contributed by atoms with van der Waals surface area (Å²) in [5.41, 5.74) is 1.11. The van der Waals surface area contributed by atoms with Crippen LogP contribution in [0, 0.1) is 5.92 Å². The molecule has 0 aliphatic heterocycles. The zero-order valence-electron chi connectivity index (χ0n) is 14.6. The number of nitrogens with one attached hydrogen (secondary N) is 1. The number of carboxylic acids is 1. The lowest BCUT2D eigenvalue weighted by molar-refractivity contribution is -0.142. The van der Waals surface area contributed by atoms with Crippen LogP contribution < -0.4 is 5.32 Å². The van der Waals surface area contributed by atoms with Gasteiger partial charge in [-0.2, -0.15) is 0 Å². The predicted octanol–water partition coefficient (Wildman–Crippen LogP) is 3.64. The van der Waals surface area contributed by atoms with E-state index in [0.29, 0.717) is 19.4 Å². The highest BCUT2D eigenvalue weighted by Gasteiger charge is 2.28. The van der Waals surface area contributed by atoms with Crippen molar-refractivity contribution in [3.63, 3.8) is 0 Å². The summed E-state index contributed by atoms with van der Waals surface area (Å²) in [6.45, 7) is 4.73. The molecule has 1 fully saturated rings. The van der Waals surface area contributed by atoms with E-state index in [0.717, 1.165) is 24.8 Å². The van der Waals surface area contributed by atoms with E-state index in [1.807, 2.05) is 35.2 Å². The maximum Gasteiger partial charge on any atom is 0.318 e. The number of rotatable bonds is 6. The van der Waals surface area contributed by atoms with Crippen molar-refractivity contribution >= 4 is 12.0 Å². The van der Waals surface area contributed by atoms with Gasteiger partial charge in [-0.15, -0.1) is 0 Å². The van der Waals surface area contributed by atoms with E-state index < -0.39 is 5.97 Å². The number of amides is 2. The van der Waals surface area contributed by atoms with Crippen molar-refractivity contribution in [1.29, 1.82) is 0 Å². The second kappa shape index (κ2) is 8.71. The Kier molecular flexibility index (Phi) is 6.64. The predicted molar refractivity (Wildman–Crippen MR) is 93.7 cm³/mol. The minimum Gasteiger partial charge on any atom is -0.481 e. The fraction of sp³-hybridized carbons (Fsp3) is 0.579. The number of carbonyl (C=O) groups is 2. The van der Waals surface area contributed by atoms with Crippen LogP contribution in [-0.2, 0) is 11.3 Å². The number of hydrogen-bond donors (Lipinski definition) is 2. The molecule has 1 aromatic carbocycles. The Labute approximate surface area is 144 Å². The van der Waals surface area contributed by atoms with Gasteiger partial charge in [0.05, 0.1) is 5.92 Å². The van der Waals surface area contributed by atoms with E-state index in [-0.39, 0.29) is 24.0 Å². The Morgan fingerprint density at radius 3 is 2.38 bits per heavy atom. The number of nitrogens with zero attached hydrogens (tertiary/aromatic N) is 1. The van der Waals surface area contributed by atoms with E-state index >= 15 is 0 Å². The normalized spacial score (nSPS) is 21.8. The second-order valence-corrected chi connectivity index (χ2v) is 6.71. The van der Waals surface area contributed by atoms with E-state index in [1.54, 1.807) is 0 Å². The molecule has 0 heterocycles. The SMILES string of the molecule is CCC(C)N(Cc1ccccc1)C(=O)NC1CCC(C(=O)O)CC1. The fourth-order valence-corrected chi connectivity index (χ4v) is 3.17. The van der Waals surface area contributed by atoms with Gasteiger partial charge >= 0.3 is 12.0 Å². The number of hydrogen-bond acceptors (Lipinski definition) is 2. The lowest BCUT2D eigenvalue weighted by atomic mass is 9.86. The lowest BCUT2D eigenvalue weighted by Crippen LogP contribution is -2.49. The molecular formula is C19H28N2O3. The van der Waals surface area contributed by atoms with Crippen LogP contribution in [-0.4, -0.2) is 34.1 Å². The van der Waals surface area contributed by atoms with E-state index in [1.165, 1.54) is 0 Å². The summed E-state index contributed by atoms with van der Waals surface area (Å²) in [5, 5.41) is 12.2. The Hall–Kier alpha value is -2.04. The highest BCUT2D eigenvalue weighted by Crippen LogP contribution is 2.24. The molecular weight excluding hydrogens is 304 g/mol. The van der Waals surface area contributed by atoms with Gasteiger partial charge < -0.3 is 15.3 Å². The molecule has 1 aromatic rings. The van der Waals surface area contributed by atoms with Crippen molar-refractivity contribution in [1.82, 2.24) is 10.2 Å². The number of benzene rings is 1. The Morgan fingerprint density at radius 2 is 1.83 bits per heavy atom. The molecule has 2 N–H and O–H groups in total. The van der Waals surface area contributed by atoms with Gasteiger partial charge in [0.25, 0.3) is 0 Å². The maximum atomic E-state index is 12.7. The molecule has 1 atom stereocenters. The highest BCUT2D eigenvalue weighted by atomic mass is 16.4. The minimum absolute atomic E-state index is 0.0491. The summed E-state index contributed by atoms with van der Waals surface area (Å²) in [5.74, 6) is -0.974. The quantitative estimate of drug-likeness (QED) is 0.835. The highest BCUT2D eigenvalue weighted by molar-refractivity contribution is 5.75. The zero-order chi connectivity index (χ0) is 17.5. The second-order valence-electron chi connectivity index (χ2n) is 6.71. The third-order valence-corrected chi connectivity index (χ3v) is 4.98. The van der Waals surface area contributed by atoms with Crippen LogP contribution >= 0.6 is 0 Å². The molecule has 2 rings (SSSR count). The Bertz CT molecular complexity index is 539. The first kappa shape index (κ1) is 18.3. The van der Waals surface area contributed by atoms with Crippen LogP contribution in [0.3, 0.4) is 0 Å². The van der Waals surface area contributed by atoms with E-state index in [9.17, 15) is 9.59 Å². The third-order valence-electron chi connectivity index (χ3n) is 4.98. The molecule has 0 spiro atoms.